The third-order valence-electron chi connectivity index (χ3n) is 5.47. The Morgan fingerprint density at radius 2 is 1.79 bits per heavy atom. The molecule has 4 rings (SSSR count). The second-order valence-electron chi connectivity index (χ2n) is 7.16. The van der Waals surface area contributed by atoms with Crippen LogP contribution in [0.5, 0.6) is 5.75 Å². The van der Waals surface area contributed by atoms with Crippen LogP contribution >= 0.6 is 0 Å². The number of carbonyl (C=O) groups excluding carboxylic acids is 1. The summed E-state index contributed by atoms with van der Waals surface area (Å²) < 4.78 is 15.6. The topological polar surface area (TPSA) is 58.4 Å². The van der Waals surface area contributed by atoms with Crippen molar-refractivity contribution >= 4 is 5.91 Å². The van der Waals surface area contributed by atoms with E-state index >= 15 is 0 Å². The molecule has 2 aromatic carbocycles. The Morgan fingerprint density at radius 1 is 1.11 bits per heavy atom. The van der Waals surface area contributed by atoms with Crippen molar-refractivity contribution in [1.29, 1.82) is 0 Å². The van der Waals surface area contributed by atoms with Gasteiger partial charge in [0.1, 0.15) is 17.3 Å². The number of likely N-dealkylation sites (tertiary alicyclic amines) is 1. The number of phenols is 1. The molecule has 1 aliphatic heterocycles. The Hall–Kier alpha value is -3.15. The van der Waals surface area contributed by atoms with Crippen molar-refractivity contribution in [3.05, 3.63) is 77.4 Å². The molecule has 1 saturated heterocycles. The number of piperidine rings is 1. The lowest BCUT2D eigenvalue weighted by molar-refractivity contribution is 0.0712. The van der Waals surface area contributed by atoms with Crippen molar-refractivity contribution < 1.29 is 14.3 Å². The van der Waals surface area contributed by atoms with E-state index in [0.29, 0.717) is 36.0 Å². The number of benzene rings is 2. The van der Waals surface area contributed by atoms with Gasteiger partial charge in [-0.15, -0.1) is 0 Å². The number of hydrogen-bond acceptors (Lipinski definition) is 3. The normalized spacial score (nSPS) is 15.0. The van der Waals surface area contributed by atoms with E-state index in [4.69, 9.17) is 0 Å². The van der Waals surface area contributed by atoms with Crippen molar-refractivity contribution in [2.75, 3.05) is 13.1 Å². The minimum Gasteiger partial charge on any atom is -0.508 e. The van der Waals surface area contributed by atoms with Crippen molar-refractivity contribution in [1.82, 2.24) is 14.7 Å². The van der Waals surface area contributed by atoms with E-state index in [2.05, 4.69) is 5.10 Å². The molecule has 1 aliphatic rings. The van der Waals surface area contributed by atoms with Gasteiger partial charge >= 0.3 is 0 Å². The minimum atomic E-state index is -0.373. The lowest BCUT2D eigenvalue weighted by atomic mass is 9.89. The summed E-state index contributed by atoms with van der Waals surface area (Å²) in [5, 5.41) is 13.7. The molecule has 1 aromatic heterocycles. The van der Waals surface area contributed by atoms with Crippen molar-refractivity contribution in [3.63, 3.8) is 0 Å². The van der Waals surface area contributed by atoms with Crippen molar-refractivity contribution in [2.24, 2.45) is 0 Å². The average molecular weight is 379 g/mol. The fourth-order valence-electron chi connectivity index (χ4n) is 3.82. The molecule has 0 aliphatic carbocycles. The number of halogens is 1. The van der Waals surface area contributed by atoms with Gasteiger partial charge in [-0.1, -0.05) is 24.3 Å². The van der Waals surface area contributed by atoms with E-state index in [9.17, 15) is 14.3 Å². The number of nitrogens with zero attached hydrogens (tertiary/aromatic N) is 3. The highest BCUT2D eigenvalue weighted by Crippen LogP contribution is 2.30. The maximum atomic E-state index is 14.1. The minimum absolute atomic E-state index is 0.0655. The molecule has 1 fully saturated rings. The molecule has 0 unspecified atom stereocenters. The summed E-state index contributed by atoms with van der Waals surface area (Å²) in [6, 6.07) is 13.7. The summed E-state index contributed by atoms with van der Waals surface area (Å²) in [6.45, 7) is 3.11. The van der Waals surface area contributed by atoms with Gasteiger partial charge in [-0.25, -0.2) is 9.07 Å². The first-order valence-corrected chi connectivity index (χ1v) is 9.42. The Bertz CT molecular complexity index is 989. The quantitative estimate of drug-likeness (QED) is 0.747. The zero-order chi connectivity index (χ0) is 19.7. The SMILES string of the molecule is Cc1c(C(=O)N2CCC(c3ccc(O)cc3)CC2)cnn1-c1ccccc1F. The highest BCUT2D eigenvalue weighted by Gasteiger charge is 2.27. The van der Waals surface area contributed by atoms with Gasteiger partial charge in [0.25, 0.3) is 5.91 Å². The largest absolute Gasteiger partial charge is 0.508 e. The molecule has 0 bridgehead atoms. The number of aromatic hydroxyl groups is 1. The number of hydrogen-bond donors (Lipinski definition) is 1. The Kier molecular flexibility index (Phi) is 4.86. The van der Waals surface area contributed by atoms with Crippen molar-refractivity contribution in [3.8, 4) is 11.4 Å². The molecule has 1 N–H and O–H groups in total. The van der Waals surface area contributed by atoms with E-state index in [0.717, 1.165) is 12.8 Å². The van der Waals surface area contributed by atoms with Crippen LogP contribution in [0, 0.1) is 12.7 Å². The first-order valence-electron chi connectivity index (χ1n) is 9.42. The molecule has 2 heterocycles. The molecule has 0 radical (unpaired) electrons. The molecule has 28 heavy (non-hydrogen) atoms. The van der Waals surface area contributed by atoms with Crippen LogP contribution in [0.1, 0.15) is 40.4 Å². The van der Waals surface area contributed by atoms with Crippen molar-refractivity contribution in [2.45, 2.75) is 25.7 Å². The molecule has 0 atom stereocenters. The van der Waals surface area contributed by atoms with Crippen LogP contribution in [0.15, 0.2) is 54.7 Å². The van der Waals surface area contributed by atoms with E-state index in [1.807, 2.05) is 17.0 Å². The van der Waals surface area contributed by atoms with Gasteiger partial charge in [0.2, 0.25) is 0 Å². The third-order valence-corrected chi connectivity index (χ3v) is 5.47. The summed E-state index contributed by atoms with van der Waals surface area (Å²) in [6.07, 6.45) is 3.27. The van der Waals surface area contributed by atoms with Gasteiger partial charge in [0, 0.05) is 13.1 Å². The molecule has 3 aromatic rings. The zero-order valence-electron chi connectivity index (χ0n) is 15.7. The molecule has 144 valence electrons. The van der Waals surface area contributed by atoms with Crippen LogP contribution in [-0.2, 0) is 0 Å². The summed E-state index contributed by atoms with van der Waals surface area (Å²) in [5.74, 6) is 0.206. The Balaban J connectivity index is 1.47. The van der Waals surface area contributed by atoms with Gasteiger partial charge in [-0.2, -0.15) is 5.10 Å². The first-order chi connectivity index (χ1) is 13.5. The number of para-hydroxylation sites is 1. The van der Waals surface area contributed by atoms with Gasteiger partial charge in [0.15, 0.2) is 0 Å². The van der Waals surface area contributed by atoms with Gasteiger partial charge in [-0.3, -0.25) is 4.79 Å². The Labute approximate surface area is 163 Å². The van der Waals surface area contributed by atoms with Crippen LogP contribution in [0.3, 0.4) is 0 Å². The number of amides is 1. The van der Waals surface area contributed by atoms with Crippen LogP contribution in [0.2, 0.25) is 0 Å². The van der Waals surface area contributed by atoms with Gasteiger partial charge in [0.05, 0.1) is 17.5 Å². The molecular formula is C22H22FN3O2. The average Bonchev–Trinajstić information content (AvgIpc) is 3.10. The monoisotopic (exact) mass is 379 g/mol. The highest BCUT2D eigenvalue weighted by molar-refractivity contribution is 5.95. The fraction of sp³-hybridized carbons (Fsp3) is 0.273. The van der Waals surface area contributed by atoms with Gasteiger partial charge in [-0.05, 0) is 55.5 Å². The van der Waals surface area contributed by atoms with Crippen LogP contribution in [0.4, 0.5) is 4.39 Å². The molecule has 0 saturated carbocycles. The molecular weight excluding hydrogens is 357 g/mol. The number of aromatic nitrogens is 2. The zero-order valence-corrected chi connectivity index (χ0v) is 15.7. The number of carbonyl (C=O) groups is 1. The van der Waals surface area contributed by atoms with E-state index < -0.39 is 0 Å². The Morgan fingerprint density at radius 3 is 2.46 bits per heavy atom. The summed E-state index contributed by atoms with van der Waals surface area (Å²) in [7, 11) is 0. The maximum absolute atomic E-state index is 14.1. The third kappa shape index (κ3) is 3.38. The van der Waals surface area contributed by atoms with E-state index in [-0.39, 0.29) is 17.5 Å². The predicted octanol–water partition coefficient (Wildman–Crippen LogP) is 4.05. The lowest BCUT2D eigenvalue weighted by Crippen LogP contribution is -2.38. The second kappa shape index (κ2) is 7.46. The fourth-order valence-corrected chi connectivity index (χ4v) is 3.82. The smallest absolute Gasteiger partial charge is 0.257 e. The van der Waals surface area contributed by atoms with Gasteiger partial charge < -0.3 is 10.0 Å². The summed E-state index contributed by atoms with van der Waals surface area (Å²) in [4.78, 5) is 14.8. The predicted molar refractivity (Wildman–Crippen MR) is 104 cm³/mol. The van der Waals surface area contributed by atoms with Crippen LogP contribution in [-0.4, -0.2) is 38.8 Å². The molecule has 5 nitrogen and oxygen atoms in total. The first kappa shape index (κ1) is 18.2. The molecule has 1 amide bonds. The van der Waals surface area contributed by atoms with Crippen LogP contribution in [0.25, 0.3) is 5.69 Å². The number of rotatable bonds is 3. The second-order valence-corrected chi connectivity index (χ2v) is 7.16. The van der Waals surface area contributed by atoms with E-state index in [1.165, 1.54) is 22.5 Å². The molecule has 0 spiro atoms. The lowest BCUT2D eigenvalue weighted by Gasteiger charge is -2.32. The number of phenolic OH excluding ortho intramolecular Hbond substituents is 1. The highest BCUT2D eigenvalue weighted by atomic mass is 19.1. The van der Waals surface area contributed by atoms with E-state index in [1.54, 1.807) is 37.3 Å². The standard InChI is InChI=1S/C22H22FN3O2/c1-15-19(14-24-26(15)21-5-3-2-4-20(21)23)22(28)25-12-10-17(11-13-25)16-6-8-18(27)9-7-16/h2-9,14,17,27H,10-13H2,1H3. The summed E-state index contributed by atoms with van der Waals surface area (Å²) >= 11 is 0. The van der Waals surface area contributed by atoms with Crippen LogP contribution < -0.4 is 0 Å². The summed E-state index contributed by atoms with van der Waals surface area (Å²) in [5.41, 5.74) is 2.67. The molecule has 6 heteroatoms. The maximum Gasteiger partial charge on any atom is 0.257 e.